The summed E-state index contributed by atoms with van der Waals surface area (Å²) in [5.74, 6) is 0.0837. The van der Waals surface area contributed by atoms with Crippen molar-refractivity contribution in [2.75, 3.05) is 37.8 Å². The lowest BCUT2D eigenvalue weighted by Gasteiger charge is -2.11. The maximum atomic E-state index is 11.2. The van der Waals surface area contributed by atoms with Gasteiger partial charge in [-0.25, -0.2) is 0 Å². The number of hydrogen-bond acceptors (Lipinski definition) is 3. The predicted octanol–water partition coefficient (Wildman–Crippen LogP) is 1.15. The van der Waals surface area contributed by atoms with E-state index in [0.717, 1.165) is 30.0 Å². The van der Waals surface area contributed by atoms with Crippen LogP contribution in [0.4, 0.5) is 11.4 Å². The summed E-state index contributed by atoms with van der Waals surface area (Å²) in [4.78, 5) is 13.3. The minimum absolute atomic E-state index is 0.0837. The Kier molecular flexibility index (Phi) is 3.10. The minimum Gasteiger partial charge on any atom is -0.384 e. The molecule has 1 amide bonds. The summed E-state index contributed by atoms with van der Waals surface area (Å²) in [6.07, 6.45) is 0.499. The summed E-state index contributed by atoms with van der Waals surface area (Å²) in [5.41, 5.74) is 3.11. The third-order valence-electron chi connectivity index (χ3n) is 2.62. The summed E-state index contributed by atoms with van der Waals surface area (Å²) in [5, 5.41) is 6.16. The molecule has 2 rings (SSSR count). The third-order valence-corrected chi connectivity index (χ3v) is 2.62. The average molecular weight is 219 g/mol. The van der Waals surface area contributed by atoms with E-state index in [1.807, 2.05) is 32.3 Å². The standard InChI is InChI=1S/C12H17N3O/c1-15(2)6-5-13-10-3-4-11-9(7-10)8-12(16)14-11/h3-4,7,13H,5-6,8H2,1-2H3,(H,14,16). The lowest BCUT2D eigenvalue weighted by Crippen LogP contribution is -2.20. The molecule has 0 spiro atoms. The van der Waals surface area contributed by atoms with Crippen molar-refractivity contribution in [2.24, 2.45) is 0 Å². The number of nitrogens with one attached hydrogen (secondary N) is 2. The van der Waals surface area contributed by atoms with Crippen molar-refractivity contribution in [2.45, 2.75) is 6.42 Å². The fourth-order valence-electron chi connectivity index (χ4n) is 1.76. The summed E-state index contributed by atoms with van der Waals surface area (Å²) in [6, 6.07) is 6.00. The number of carbonyl (C=O) groups is 1. The molecule has 1 aliphatic heterocycles. The van der Waals surface area contributed by atoms with Gasteiger partial charge in [-0.2, -0.15) is 0 Å². The van der Waals surface area contributed by atoms with Gasteiger partial charge in [0.25, 0.3) is 0 Å². The van der Waals surface area contributed by atoms with Gasteiger partial charge in [0.1, 0.15) is 0 Å². The Morgan fingerprint density at radius 3 is 3.00 bits per heavy atom. The molecule has 1 aromatic rings. The maximum absolute atomic E-state index is 11.2. The first-order valence-corrected chi connectivity index (χ1v) is 5.46. The number of fused-ring (bicyclic) bond motifs is 1. The first-order chi connectivity index (χ1) is 7.65. The first kappa shape index (κ1) is 11.0. The van der Waals surface area contributed by atoms with Crippen molar-refractivity contribution in [3.63, 3.8) is 0 Å². The van der Waals surface area contributed by atoms with Crippen LogP contribution in [0.5, 0.6) is 0 Å². The van der Waals surface area contributed by atoms with E-state index < -0.39 is 0 Å². The molecule has 0 unspecified atom stereocenters. The molecule has 0 aliphatic carbocycles. The lowest BCUT2D eigenvalue weighted by molar-refractivity contribution is -0.115. The summed E-state index contributed by atoms with van der Waals surface area (Å²) in [7, 11) is 4.10. The average Bonchev–Trinajstić information content (AvgIpc) is 2.56. The number of anilines is 2. The molecule has 2 N–H and O–H groups in total. The summed E-state index contributed by atoms with van der Waals surface area (Å²) >= 11 is 0. The van der Waals surface area contributed by atoms with Gasteiger partial charge >= 0.3 is 0 Å². The van der Waals surface area contributed by atoms with Crippen LogP contribution in [0.25, 0.3) is 0 Å². The Bertz CT molecular complexity index is 401. The number of benzene rings is 1. The molecule has 0 saturated carbocycles. The fraction of sp³-hybridized carbons (Fsp3) is 0.417. The van der Waals surface area contributed by atoms with Crippen molar-refractivity contribution in [3.05, 3.63) is 23.8 Å². The number of rotatable bonds is 4. The van der Waals surface area contributed by atoms with Gasteiger partial charge in [0, 0.05) is 24.5 Å². The normalized spacial score (nSPS) is 13.8. The Hall–Kier alpha value is -1.55. The highest BCUT2D eigenvalue weighted by atomic mass is 16.1. The van der Waals surface area contributed by atoms with Gasteiger partial charge in [-0.15, -0.1) is 0 Å². The highest BCUT2D eigenvalue weighted by molar-refractivity contribution is 5.99. The molecular weight excluding hydrogens is 202 g/mol. The molecule has 0 fully saturated rings. The van der Waals surface area contributed by atoms with Crippen molar-refractivity contribution in [1.29, 1.82) is 0 Å². The Morgan fingerprint density at radius 2 is 2.25 bits per heavy atom. The van der Waals surface area contributed by atoms with Crippen LogP contribution in [0.3, 0.4) is 0 Å². The molecule has 1 aromatic carbocycles. The van der Waals surface area contributed by atoms with E-state index in [-0.39, 0.29) is 5.91 Å². The zero-order valence-electron chi connectivity index (χ0n) is 9.71. The minimum atomic E-state index is 0.0837. The van der Waals surface area contributed by atoms with E-state index in [1.54, 1.807) is 0 Å². The smallest absolute Gasteiger partial charge is 0.228 e. The molecular formula is C12H17N3O. The molecule has 0 bridgehead atoms. The summed E-state index contributed by atoms with van der Waals surface area (Å²) < 4.78 is 0. The number of nitrogens with zero attached hydrogens (tertiary/aromatic N) is 1. The Balaban J connectivity index is 1.97. The van der Waals surface area contributed by atoms with Gasteiger partial charge in [0.05, 0.1) is 6.42 Å². The molecule has 1 heterocycles. The van der Waals surface area contributed by atoms with E-state index in [9.17, 15) is 4.79 Å². The highest BCUT2D eigenvalue weighted by Gasteiger charge is 2.17. The second-order valence-electron chi connectivity index (χ2n) is 4.33. The van der Waals surface area contributed by atoms with Crippen LogP contribution in [-0.2, 0) is 11.2 Å². The molecule has 0 saturated heterocycles. The Morgan fingerprint density at radius 1 is 1.44 bits per heavy atom. The zero-order valence-corrected chi connectivity index (χ0v) is 9.71. The van der Waals surface area contributed by atoms with Crippen LogP contribution in [0.2, 0.25) is 0 Å². The number of hydrogen-bond donors (Lipinski definition) is 2. The monoisotopic (exact) mass is 219 g/mol. The number of carbonyl (C=O) groups excluding carboxylic acids is 1. The molecule has 86 valence electrons. The van der Waals surface area contributed by atoms with Gasteiger partial charge in [-0.3, -0.25) is 4.79 Å². The van der Waals surface area contributed by atoms with Crippen LogP contribution in [0.15, 0.2) is 18.2 Å². The van der Waals surface area contributed by atoms with E-state index in [0.29, 0.717) is 6.42 Å². The topological polar surface area (TPSA) is 44.4 Å². The Labute approximate surface area is 95.6 Å². The van der Waals surface area contributed by atoms with Gasteiger partial charge in [0.15, 0.2) is 0 Å². The van der Waals surface area contributed by atoms with Crippen LogP contribution in [-0.4, -0.2) is 38.0 Å². The van der Waals surface area contributed by atoms with Crippen LogP contribution in [0.1, 0.15) is 5.56 Å². The van der Waals surface area contributed by atoms with E-state index >= 15 is 0 Å². The highest BCUT2D eigenvalue weighted by Crippen LogP contribution is 2.25. The van der Waals surface area contributed by atoms with E-state index in [2.05, 4.69) is 15.5 Å². The van der Waals surface area contributed by atoms with Crippen molar-refractivity contribution >= 4 is 17.3 Å². The molecule has 4 heteroatoms. The maximum Gasteiger partial charge on any atom is 0.228 e. The van der Waals surface area contributed by atoms with Gasteiger partial charge in [-0.1, -0.05) is 0 Å². The zero-order chi connectivity index (χ0) is 11.5. The molecule has 0 radical (unpaired) electrons. The van der Waals surface area contributed by atoms with Gasteiger partial charge in [0.2, 0.25) is 5.91 Å². The quantitative estimate of drug-likeness (QED) is 0.798. The van der Waals surface area contributed by atoms with Crippen LogP contribution in [0, 0.1) is 0 Å². The first-order valence-electron chi connectivity index (χ1n) is 5.46. The molecule has 0 aromatic heterocycles. The third kappa shape index (κ3) is 2.52. The van der Waals surface area contributed by atoms with Gasteiger partial charge < -0.3 is 15.5 Å². The lowest BCUT2D eigenvalue weighted by atomic mass is 10.1. The van der Waals surface area contributed by atoms with Crippen LogP contribution < -0.4 is 10.6 Å². The molecule has 4 nitrogen and oxygen atoms in total. The van der Waals surface area contributed by atoms with Crippen LogP contribution >= 0.6 is 0 Å². The molecule has 16 heavy (non-hydrogen) atoms. The van der Waals surface area contributed by atoms with Gasteiger partial charge in [-0.05, 0) is 37.9 Å². The molecule has 0 atom stereocenters. The van der Waals surface area contributed by atoms with Crippen molar-refractivity contribution < 1.29 is 4.79 Å². The van der Waals surface area contributed by atoms with E-state index in [1.165, 1.54) is 0 Å². The van der Waals surface area contributed by atoms with E-state index in [4.69, 9.17) is 0 Å². The SMILES string of the molecule is CN(C)CCNc1ccc2c(c1)CC(=O)N2. The number of likely N-dealkylation sites (N-methyl/N-ethyl adjacent to an activating group) is 1. The largest absolute Gasteiger partial charge is 0.384 e. The van der Waals surface area contributed by atoms with Crippen molar-refractivity contribution in [3.8, 4) is 0 Å². The summed E-state index contributed by atoms with van der Waals surface area (Å²) in [6.45, 7) is 1.90. The predicted molar refractivity (Wildman–Crippen MR) is 65.8 cm³/mol. The fourth-order valence-corrected chi connectivity index (χ4v) is 1.76. The number of amides is 1. The second-order valence-corrected chi connectivity index (χ2v) is 4.33. The van der Waals surface area contributed by atoms with Crippen molar-refractivity contribution in [1.82, 2.24) is 4.90 Å². The second kappa shape index (κ2) is 4.53. The molecule has 1 aliphatic rings.